The van der Waals surface area contributed by atoms with E-state index in [1.54, 1.807) is 6.92 Å². The number of unbranched alkanes of at least 4 members (excludes halogenated alkanes) is 6. The van der Waals surface area contributed by atoms with Crippen LogP contribution in [0.1, 0.15) is 64.7 Å². The number of carboxylic acids is 1. The van der Waals surface area contributed by atoms with E-state index in [0.717, 1.165) is 44.9 Å². The van der Waals surface area contributed by atoms with E-state index >= 15 is 0 Å². The van der Waals surface area contributed by atoms with Crippen LogP contribution in [-0.4, -0.2) is 36.9 Å². The summed E-state index contributed by atoms with van der Waals surface area (Å²) in [6.07, 6.45) is 7.39. The Morgan fingerprint density at radius 3 is 1.84 bits per heavy atom. The second-order valence-corrected chi connectivity index (χ2v) is 6.20. The van der Waals surface area contributed by atoms with Crippen molar-refractivity contribution in [3.63, 3.8) is 0 Å². The van der Waals surface area contributed by atoms with Crippen molar-refractivity contribution in [1.82, 2.24) is 0 Å². The molecule has 0 aromatic rings. The van der Waals surface area contributed by atoms with Gasteiger partial charge in [0, 0.05) is 17.6 Å². The highest BCUT2D eigenvalue weighted by Gasteiger charge is 2.34. The highest BCUT2D eigenvalue weighted by molar-refractivity contribution is 6.23. The van der Waals surface area contributed by atoms with Crippen LogP contribution in [0.25, 0.3) is 0 Å². The molecular formula is C19H28O6. The van der Waals surface area contributed by atoms with Gasteiger partial charge in [-0.05, 0) is 26.2 Å². The van der Waals surface area contributed by atoms with Gasteiger partial charge in [-0.1, -0.05) is 32.1 Å². The molecule has 1 N–H and O–H groups in total. The molecule has 0 saturated heterocycles. The minimum absolute atomic E-state index is 0.00784. The Morgan fingerprint density at radius 1 is 0.840 bits per heavy atom. The Kier molecular flexibility index (Phi) is 8.95. The Labute approximate surface area is 148 Å². The number of carboxylic acid groups (broad SMARTS) is 1. The van der Waals surface area contributed by atoms with Gasteiger partial charge in [-0.2, -0.15) is 0 Å². The average Bonchev–Trinajstić information content (AvgIpc) is 2.58. The fourth-order valence-corrected chi connectivity index (χ4v) is 2.95. The smallest absolute Gasteiger partial charge is 0.303 e. The van der Waals surface area contributed by atoms with Crippen LogP contribution in [-0.2, 0) is 23.9 Å². The standard InChI is InChI=1S/C19H28O6/c1-13-14(17(23)19(25-3)18(24-2)16(13)22)11-9-7-5-4-6-8-10-12-15(20)21/h4-12H2,1-3H3,(H,20,21). The van der Waals surface area contributed by atoms with E-state index in [1.807, 2.05) is 0 Å². The highest BCUT2D eigenvalue weighted by Crippen LogP contribution is 2.28. The zero-order valence-electron chi connectivity index (χ0n) is 15.4. The van der Waals surface area contributed by atoms with Crippen molar-refractivity contribution < 1.29 is 29.0 Å². The van der Waals surface area contributed by atoms with E-state index in [2.05, 4.69) is 0 Å². The topological polar surface area (TPSA) is 89.9 Å². The second kappa shape index (κ2) is 10.7. The molecule has 0 unspecified atom stereocenters. The molecule has 0 saturated carbocycles. The number of carbonyl (C=O) groups excluding carboxylic acids is 2. The van der Waals surface area contributed by atoms with Crippen molar-refractivity contribution in [2.24, 2.45) is 0 Å². The molecule has 0 amide bonds. The molecular weight excluding hydrogens is 324 g/mol. The summed E-state index contributed by atoms with van der Waals surface area (Å²) in [6.45, 7) is 1.66. The van der Waals surface area contributed by atoms with Crippen LogP contribution in [0.3, 0.4) is 0 Å². The SMILES string of the molecule is COC1=C(OC)C(=O)C(CCCCCCCCCC(=O)O)=C(C)C1=O. The Morgan fingerprint density at radius 2 is 1.32 bits per heavy atom. The molecule has 0 fully saturated rings. The van der Waals surface area contributed by atoms with Gasteiger partial charge in [0.15, 0.2) is 0 Å². The lowest BCUT2D eigenvalue weighted by Gasteiger charge is -2.20. The zero-order chi connectivity index (χ0) is 18.8. The fourth-order valence-electron chi connectivity index (χ4n) is 2.95. The van der Waals surface area contributed by atoms with E-state index in [0.29, 0.717) is 17.6 Å². The predicted octanol–water partition coefficient (Wildman–Crippen LogP) is 3.55. The molecule has 25 heavy (non-hydrogen) atoms. The van der Waals surface area contributed by atoms with Gasteiger partial charge < -0.3 is 14.6 Å². The summed E-state index contributed by atoms with van der Waals surface area (Å²) in [7, 11) is 2.72. The van der Waals surface area contributed by atoms with Gasteiger partial charge in [0.1, 0.15) is 0 Å². The van der Waals surface area contributed by atoms with Gasteiger partial charge in [0.25, 0.3) is 0 Å². The van der Waals surface area contributed by atoms with E-state index in [9.17, 15) is 14.4 Å². The Balaban J connectivity index is 2.37. The van der Waals surface area contributed by atoms with Crippen molar-refractivity contribution in [1.29, 1.82) is 0 Å². The third-order valence-electron chi connectivity index (χ3n) is 4.41. The first-order valence-corrected chi connectivity index (χ1v) is 8.77. The molecule has 0 atom stereocenters. The van der Waals surface area contributed by atoms with E-state index in [-0.39, 0.29) is 29.5 Å². The third-order valence-corrected chi connectivity index (χ3v) is 4.41. The molecule has 1 rings (SSSR count). The van der Waals surface area contributed by atoms with Gasteiger partial charge in [0.05, 0.1) is 14.2 Å². The van der Waals surface area contributed by atoms with E-state index in [1.165, 1.54) is 14.2 Å². The number of ketones is 2. The molecule has 0 aliphatic heterocycles. The van der Waals surface area contributed by atoms with Gasteiger partial charge in [0.2, 0.25) is 23.1 Å². The maximum Gasteiger partial charge on any atom is 0.303 e. The number of ether oxygens (including phenoxy) is 2. The van der Waals surface area contributed by atoms with Crippen LogP contribution in [0.4, 0.5) is 0 Å². The number of hydrogen-bond donors (Lipinski definition) is 1. The lowest BCUT2D eigenvalue weighted by molar-refractivity contribution is -0.137. The second-order valence-electron chi connectivity index (χ2n) is 6.20. The minimum atomic E-state index is -0.739. The number of aliphatic carboxylic acids is 1. The number of hydrogen-bond acceptors (Lipinski definition) is 5. The van der Waals surface area contributed by atoms with Gasteiger partial charge in [-0.3, -0.25) is 14.4 Å². The summed E-state index contributed by atoms with van der Waals surface area (Å²) in [5, 5.41) is 8.56. The first kappa shape index (κ1) is 20.9. The summed E-state index contributed by atoms with van der Waals surface area (Å²) in [5.41, 5.74) is 0.959. The van der Waals surface area contributed by atoms with Gasteiger partial charge >= 0.3 is 5.97 Å². The molecule has 0 spiro atoms. The largest absolute Gasteiger partial charge is 0.489 e. The van der Waals surface area contributed by atoms with Crippen molar-refractivity contribution in [2.75, 3.05) is 14.2 Å². The maximum atomic E-state index is 12.5. The van der Waals surface area contributed by atoms with Crippen molar-refractivity contribution in [2.45, 2.75) is 64.7 Å². The van der Waals surface area contributed by atoms with Crippen molar-refractivity contribution in [3.05, 3.63) is 22.7 Å². The van der Waals surface area contributed by atoms with Crippen LogP contribution in [0.5, 0.6) is 0 Å². The Bertz CT molecular complexity index is 570. The maximum absolute atomic E-state index is 12.5. The number of carbonyl (C=O) groups is 3. The van der Waals surface area contributed by atoms with Crippen LogP contribution < -0.4 is 0 Å². The summed E-state index contributed by atoms with van der Waals surface area (Å²) in [5.74, 6) is -1.31. The van der Waals surface area contributed by atoms with Gasteiger partial charge in [-0.25, -0.2) is 0 Å². The molecule has 140 valence electrons. The predicted molar refractivity (Wildman–Crippen MR) is 92.9 cm³/mol. The lowest BCUT2D eigenvalue weighted by Crippen LogP contribution is -2.25. The van der Waals surface area contributed by atoms with Crippen LogP contribution in [0.15, 0.2) is 22.7 Å². The summed E-state index contributed by atoms with van der Waals surface area (Å²) < 4.78 is 10.1. The number of allylic oxidation sites excluding steroid dienone is 2. The first-order chi connectivity index (χ1) is 11.9. The molecule has 1 aliphatic rings. The lowest BCUT2D eigenvalue weighted by atomic mass is 9.89. The highest BCUT2D eigenvalue weighted by atomic mass is 16.5. The van der Waals surface area contributed by atoms with E-state index in [4.69, 9.17) is 14.6 Å². The van der Waals surface area contributed by atoms with Crippen molar-refractivity contribution in [3.8, 4) is 0 Å². The van der Waals surface area contributed by atoms with E-state index < -0.39 is 5.97 Å². The molecule has 0 aromatic carbocycles. The Hall–Kier alpha value is -2.11. The molecule has 6 nitrogen and oxygen atoms in total. The molecule has 0 bridgehead atoms. The normalized spacial score (nSPS) is 15.0. The summed E-state index contributed by atoms with van der Waals surface area (Å²) in [4.78, 5) is 35.1. The van der Waals surface area contributed by atoms with Crippen LogP contribution in [0, 0.1) is 0 Å². The number of Topliss-reactive ketones (excluding diaryl/α,β-unsaturated/α-hetero) is 2. The zero-order valence-corrected chi connectivity index (χ0v) is 15.4. The molecule has 6 heteroatoms. The van der Waals surface area contributed by atoms with Crippen molar-refractivity contribution >= 4 is 17.5 Å². The monoisotopic (exact) mass is 352 g/mol. The van der Waals surface area contributed by atoms with Crippen LogP contribution in [0.2, 0.25) is 0 Å². The molecule has 0 aromatic heterocycles. The average molecular weight is 352 g/mol. The fraction of sp³-hybridized carbons (Fsp3) is 0.632. The summed E-state index contributed by atoms with van der Waals surface area (Å²) >= 11 is 0. The summed E-state index contributed by atoms with van der Waals surface area (Å²) in [6, 6.07) is 0. The van der Waals surface area contributed by atoms with Gasteiger partial charge in [-0.15, -0.1) is 0 Å². The molecule has 0 heterocycles. The molecule has 1 aliphatic carbocycles. The first-order valence-electron chi connectivity index (χ1n) is 8.77. The third kappa shape index (κ3) is 6.03. The molecule has 0 radical (unpaired) electrons. The minimum Gasteiger partial charge on any atom is -0.489 e. The van der Waals surface area contributed by atoms with Crippen LogP contribution >= 0.6 is 0 Å². The number of rotatable bonds is 12. The number of methoxy groups -OCH3 is 2. The quantitative estimate of drug-likeness (QED) is 0.427.